The molecular weight excluding hydrogens is 798 g/mol. The molecule has 0 spiro atoms. The zero-order valence-corrected chi connectivity index (χ0v) is 32.2. The number of hydrogen-bond donors (Lipinski definition) is 1. The standard InChI is InChI=1S/2C17H14P.C6H8N2.2ClH.Fe.Ru/c2*1-3-9-15(10-4-1)18(17-13-7-8-14-17)16-11-5-2-6-12-16;7-5-6-3-1-2-4-8-6;;;;/h2*1-14H;1-4H,5,7H2;2*1H;;/q2*-1;;;;2*+2/p-2. The van der Waals surface area contributed by atoms with Crippen molar-refractivity contribution in [2.24, 2.45) is 5.73 Å². The van der Waals surface area contributed by atoms with Gasteiger partial charge in [0.15, 0.2) is 0 Å². The maximum Gasteiger partial charge on any atom is 2.00 e. The Labute approximate surface area is 323 Å². The van der Waals surface area contributed by atoms with Gasteiger partial charge >= 0.3 is 36.5 Å². The van der Waals surface area contributed by atoms with Gasteiger partial charge in [-0.3, -0.25) is 4.98 Å². The van der Waals surface area contributed by atoms with Crippen LogP contribution in [-0.2, 0) is 43.1 Å². The number of nitrogens with two attached hydrogens (primary N) is 1. The molecule has 48 heavy (non-hydrogen) atoms. The van der Waals surface area contributed by atoms with E-state index < -0.39 is 15.8 Å². The van der Waals surface area contributed by atoms with Crippen LogP contribution in [0.3, 0.4) is 0 Å². The van der Waals surface area contributed by atoms with Crippen molar-refractivity contribution in [1.82, 2.24) is 4.98 Å². The molecule has 0 unspecified atom stereocenters. The van der Waals surface area contributed by atoms with Gasteiger partial charge in [0.2, 0.25) is 0 Å². The predicted molar refractivity (Wildman–Crippen MR) is 194 cm³/mol. The van der Waals surface area contributed by atoms with Crippen molar-refractivity contribution < 1.29 is 61.4 Å². The first-order chi connectivity index (χ1) is 21.8. The summed E-state index contributed by atoms with van der Waals surface area (Å²) in [5.74, 6) is 0. The van der Waals surface area contributed by atoms with E-state index in [0.29, 0.717) is 6.54 Å². The Morgan fingerprint density at radius 3 is 1.02 bits per heavy atom. The monoisotopic (exact) mass is 834 g/mol. The fourth-order valence-electron chi connectivity index (χ4n) is 4.75. The Morgan fingerprint density at radius 2 is 0.792 bits per heavy atom. The quantitative estimate of drug-likeness (QED) is 0.147. The molecule has 0 aliphatic carbocycles. The molecule has 0 amide bonds. The number of pyridine rings is 1. The van der Waals surface area contributed by atoms with Crippen molar-refractivity contribution in [3.05, 3.63) is 200 Å². The van der Waals surface area contributed by atoms with E-state index >= 15 is 0 Å². The molecule has 7 rings (SSSR count). The van der Waals surface area contributed by atoms with E-state index in [1.165, 1.54) is 31.8 Å². The van der Waals surface area contributed by atoms with Crippen LogP contribution in [0, 0.1) is 0 Å². The van der Waals surface area contributed by atoms with Gasteiger partial charge in [0.25, 0.3) is 0 Å². The molecule has 0 aliphatic heterocycles. The van der Waals surface area contributed by atoms with Gasteiger partial charge in [0.05, 0.1) is 5.69 Å². The number of rotatable bonds is 7. The fraction of sp³-hybridized carbons (Fsp3) is 0.0250. The summed E-state index contributed by atoms with van der Waals surface area (Å²) in [6.07, 6.45) is 1.74. The minimum atomic E-state index is -0.409. The van der Waals surface area contributed by atoms with E-state index in [4.69, 9.17) is 5.73 Å². The molecule has 0 saturated carbocycles. The second-order valence-corrected chi connectivity index (χ2v) is 14.3. The third-order valence-electron chi connectivity index (χ3n) is 6.80. The number of nitrogens with zero attached hydrogens (tertiary/aromatic N) is 1. The first-order valence-electron chi connectivity index (χ1n) is 14.7. The largest absolute Gasteiger partial charge is 2.00 e. The van der Waals surface area contributed by atoms with Crippen LogP contribution >= 0.6 is 15.8 Å². The van der Waals surface area contributed by atoms with Crippen LogP contribution in [0.5, 0.6) is 0 Å². The Kier molecular flexibility index (Phi) is 22.0. The zero-order chi connectivity index (χ0) is 30.2. The van der Waals surface area contributed by atoms with Crippen LogP contribution < -0.4 is 62.4 Å². The molecule has 6 aromatic carbocycles. The van der Waals surface area contributed by atoms with Crippen molar-refractivity contribution in [1.29, 1.82) is 0 Å². The zero-order valence-electron chi connectivity index (χ0n) is 26.1. The van der Waals surface area contributed by atoms with Crippen LogP contribution in [0.15, 0.2) is 194 Å². The molecular formula is C40H36Cl2FeN2P2Ru. The number of halogens is 2. The Morgan fingerprint density at radius 1 is 0.458 bits per heavy atom. The summed E-state index contributed by atoms with van der Waals surface area (Å²) in [6.45, 7) is 0.529. The van der Waals surface area contributed by atoms with Gasteiger partial charge < -0.3 is 30.5 Å². The van der Waals surface area contributed by atoms with Gasteiger partial charge in [-0.1, -0.05) is 143 Å². The van der Waals surface area contributed by atoms with Crippen molar-refractivity contribution in [2.75, 3.05) is 0 Å². The van der Waals surface area contributed by atoms with Gasteiger partial charge in [0, 0.05) is 12.7 Å². The summed E-state index contributed by atoms with van der Waals surface area (Å²) in [4.78, 5) is 3.97. The predicted octanol–water partition coefficient (Wildman–Crippen LogP) is 0.871. The summed E-state index contributed by atoms with van der Waals surface area (Å²) in [6, 6.07) is 66.2. The Hall–Kier alpha value is -2.73. The maximum atomic E-state index is 5.29. The van der Waals surface area contributed by atoms with Gasteiger partial charge in [-0.05, 0) is 33.4 Å². The summed E-state index contributed by atoms with van der Waals surface area (Å²) in [5, 5.41) is 8.47. The molecule has 0 saturated heterocycles. The smallest absolute Gasteiger partial charge is 1.00 e. The summed E-state index contributed by atoms with van der Waals surface area (Å²) >= 11 is 0. The Bertz CT molecular complexity index is 1540. The van der Waals surface area contributed by atoms with E-state index in [1.807, 2.05) is 18.2 Å². The number of hydrogen-bond acceptors (Lipinski definition) is 2. The molecule has 1 heterocycles. The Balaban J connectivity index is 0.000000368. The van der Waals surface area contributed by atoms with E-state index in [9.17, 15) is 0 Å². The second kappa shape index (κ2) is 24.4. The van der Waals surface area contributed by atoms with Gasteiger partial charge in [-0.25, -0.2) is 12.1 Å². The van der Waals surface area contributed by atoms with E-state index in [0.717, 1.165) is 5.69 Å². The average molecular weight is 835 g/mol. The molecule has 0 aliphatic rings. The number of benzene rings is 4. The van der Waals surface area contributed by atoms with E-state index in [2.05, 4.69) is 175 Å². The molecule has 0 fully saturated rings. The summed E-state index contributed by atoms with van der Waals surface area (Å²) in [5.41, 5.74) is 6.22. The van der Waals surface area contributed by atoms with Gasteiger partial charge in [-0.15, -0.1) is 0 Å². The molecule has 1 aromatic heterocycles. The SMILES string of the molecule is NCc1ccccn1.[Cl-].[Cl-].[Fe+2].[Ru+2].c1ccc(P(c2ccccc2)c2cc[cH-]c2)cc1.c1ccc(P(c2ccccc2)c2cc[cH-]c2)cc1. The van der Waals surface area contributed by atoms with Crippen LogP contribution in [-0.4, -0.2) is 4.98 Å². The van der Waals surface area contributed by atoms with Crippen LogP contribution in [0.4, 0.5) is 0 Å². The maximum absolute atomic E-state index is 5.29. The fourth-order valence-corrected chi connectivity index (χ4v) is 9.36. The summed E-state index contributed by atoms with van der Waals surface area (Å²) < 4.78 is 0. The van der Waals surface area contributed by atoms with Crippen LogP contribution in [0.2, 0.25) is 0 Å². The van der Waals surface area contributed by atoms with Crippen LogP contribution in [0.1, 0.15) is 5.69 Å². The van der Waals surface area contributed by atoms with Crippen molar-refractivity contribution in [3.8, 4) is 0 Å². The first-order valence-corrected chi connectivity index (χ1v) is 17.4. The molecule has 246 valence electrons. The second-order valence-electron chi connectivity index (χ2n) is 9.82. The van der Waals surface area contributed by atoms with Crippen molar-refractivity contribution in [2.45, 2.75) is 6.54 Å². The average Bonchev–Trinajstić information content (AvgIpc) is 3.84. The molecule has 2 nitrogen and oxygen atoms in total. The molecule has 0 atom stereocenters. The van der Waals surface area contributed by atoms with Crippen molar-refractivity contribution >= 4 is 47.7 Å². The van der Waals surface area contributed by atoms with Crippen molar-refractivity contribution in [3.63, 3.8) is 0 Å². The van der Waals surface area contributed by atoms with E-state index in [-0.39, 0.29) is 61.4 Å². The topological polar surface area (TPSA) is 38.9 Å². The molecule has 8 heteroatoms. The van der Waals surface area contributed by atoms with E-state index in [1.54, 1.807) is 6.20 Å². The molecule has 0 bridgehead atoms. The van der Waals surface area contributed by atoms with Gasteiger partial charge in [0.1, 0.15) is 0 Å². The summed E-state index contributed by atoms with van der Waals surface area (Å²) in [7, 11) is -0.818. The molecule has 7 aromatic rings. The van der Waals surface area contributed by atoms with Gasteiger partial charge in [-0.2, -0.15) is 47.0 Å². The normalized spacial score (nSPS) is 9.56. The minimum absolute atomic E-state index is 0. The molecule has 2 N–H and O–H groups in total. The third kappa shape index (κ3) is 13.0. The molecule has 0 radical (unpaired) electrons. The number of aromatic nitrogens is 1. The minimum Gasteiger partial charge on any atom is -1.00 e. The van der Waals surface area contributed by atoms with Crippen LogP contribution in [0.25, 0.3) is 0 Å². The third-order valence-corrected chi connectivity index (χ3v) is 11.7. The first kappa shape index (κ1) is 43.3.